The molecule has 2 heterocycles. The third-order valence-corrected chi connectivity index (χ3v) is 6.73. The first-order valence-corrected chi connectivity index (χ1v) is 11.8. The van der Waals surface area contributed by atoms with Gasteiger partial charge >= 0.3 is 0 Å². The minimum absolute atomic E-state index is 0.252. The molecule has 0 saturated carbocycles. The van der Waals surface area contributed by atoms with Crippen LogP contribution in [-0.4, -0.2) is 46.3 Å². The van der Waals surface area contributed by atoms with Crippen molar-refractivity contribution in [1.29, 1.82) is 0 Å². The van der Waals surface area contributed by atoms with Gasteiger partial charge in [0.15, 0.2) is 12.5 Å². The molecule has 0 spiro atoms. The van der Waals surface area contributed by atoms with E-state index < -0.39 is 0 Å². The van der Waals surface area contributed by atoms with E-state index in [1.54, 1.807) is 7.11 Å². The first kappa shape index (κ1) is 22.7. The summed E-state index contributed by atoms with van der Waals surface area (Å²) in [6, 6.07) is 16.4. The SMILES string of the molecule is COc1ccc(-c2nn(C[NH+]3CCC[C@H](CO)C3)c(=S)n2-c2ccccc2C(C)C)cc1. The standard InChI is InChI=1S/C25H32N4O2S/c1-18(2)22-8-4-5-9-23(22)29-24(20-10-12-21(31-3)13-11-20)26-28(25(29)32)17-27-14-6-7-19(15-27)16-30/h4-5,8-13,18-19,30H,6-7,14-17H2,1-3H3/p+1/t19-/m0/s1. The predicted octanol–water partition coefficient (Wildman–Crippen LogP) is 3.45. The highest BCUT2D eigenvalue weighted by molar-refractivity contribution is 7.71. The molecule has 0 bridgehead atoms. The second kappa shape index (κ2) is 9.98. The molecule has 7 heteroatoms. The van der Waals surface area contributed by atoms with Gasteiger partial charge in [0.05, 0.1) is 32.5 Å². The second-order valence-electron chi connectivity index (χ2n) is 8.94. The number of piperidine rings is 1. The number of ether oxygens (including phenoxy) is 1. The predicted molar refractivity (Wildman–Crippen MR) is 129 cm³/mol. The molecule has 32 heavy (non-hydrogen) atoms. The molecular formula is C25H33N4O2S+. The number of hydrogen-bond acceptors (Lipinski definition) is 4. The van der Waals surface area contributed by atoms with Crippen LogP contribution < -0.4 is 9.64 Å². The van der Waals surface area contributed by atoms with Gasteiger partial charge in [-0.15, -0.1) is 5.10 Å². The highest BCUT2D eigenvalue weighted by atomic mass is 32.1. The van der Waals surface area contributed by atoms with Crippen molar-refractivity contribution < 1.29 is 14.7 Å². The fraction of sp³-hybridized carbons (Fsp3) is 0.440. The maximum Gasteiger partial charge on any atom is 0.207 e. The average molecular weight is 454 g/mol. The van der Waals surface area contributed by atoms with E-state index in [-0.39, 0.29) is 6.61 Å². The molecule has 1 aliphatic heterocycles. The number of likely N-dealkylation sites (tertiary alicyclic amines) is 1. The lowest BCUT2D eigenvalue weighted by Gasteiger charge is -2.28. The Morgan fingerprint density at radius 2 is 1.94 bits per heavy atom. The number of aliphatic hydroxyl groups is 1. The number of methoxy groups -OCH3 is 1. The van der Waals surface area contributed by atoms with E-state index in [0.29, 0.717) is 23.3 Å². The molecule has 1 aromatic heterocycles. The lowest BCUT2D eigenvalue weighted by Crippen LogP contribution is -3.13. The van der Waals surface area contributed by atoms with Crippen LogP contribution in [0.3, 0.4) is 0 Å². The number of hydrogen-bond donors (Lipinski definition) is 2. The number of nitrogens with one attached hydrogen (secondary N) is 1. The summed E-state index contributed by atoms with van der Waals surface area (Å²) in [5.74, 6) is 2.37. The van der Waals surface area contributed by atoms with Gasteiger partial charge in [0.25, 0.3) is 0 Å². The molecule has 1 unspecified atom stereocenters. The van der Waals surface area contributed by atoms with E-state index in [1.165, 1.54) is 10.5 Å². The van der Waals surface area contributed by atoms with E-state index in [2.05, 4.69) is 42.7 Å². The lowest BCUT2D eigenvalue weighted by atomic mass is 10.00. The van der Waals surface area contributed by atoms with Crippen LogP contribution in [0.1, 0.15) is 38.2 Å². The molecule has 0 amide bonds. The number of para-hydroxylation sites is 1. The Morgan fingerprint density at radius 3 is 2.62 bits per heavy atom. The first-order chi connectivity index (χ1) is 15.5. The number of aliphatic hydroxyl groups excluding tert-OH is 1. The summed E-state index contributed by atoms with van der Waals surface area (Å²) < 4.78 is 10.1. The number of benzene rings is 2. The van der Waals surface area contributed by atoms with Crippen LogP contribution >= 0.6 is 12.2 Å². The topological polar surface area (TPSA) is 56.6 Å². The Labute approximate surface area is 195 Å². The molecule has 2 aromatic carbocycles. The number of aromatic nitrogens is 3. The molecule has 2 atom stereocenters. The Balaban J connectivity index is 1.81. The molecular weight excluding hydrogens is 420 g/mol. The van der Waals surface area contributed by atoms with Gasteiger partial charge in [-0.2, -0.15) is 4.68 Å². The molecule has 1 aliphatic rings. The summed E-state index contributed by atoms with van der Waals surface area (Å²) in [7, 11) is 1.67. The van der Waals surface area contributed by atoms with Gasteiger partial charge in [-0.1, -0.05) is 32.0 Å². The lowest BCUT2D eigenvalue weighted by molar-refractivity contribution is -0.931. The summed E-state index contributed by atoms with van der Waals surface area (Å²) in [5, 5.41) is 14.6. The van der Waals surface area contributed by atoms with Crippen molar-refractivity contribution in [3.63, 3.8) is 0 Å². The van der Waals surface area contributed by atoms with Gasteiger partial charge in [-0.25, -0.2) is 0 Å². The van der Waals surface area contributed by atoms with Crippen molar-refractivity contribution >= 4 is 12.2 Å². The molecule has 170 valence electrons. The Bertz CT molecular complexity index is 1100. The fourth-order valence-electron chi connectivity index (χ4n) is 4.60. The minimum Gasteiger partial charge on any atom is -0.497 e. The largest absolute Gasteiger partial charge is 0.497 e. The Hall–Kier alpha value is -2.48. The van der Waals surface area contributed by atoms with E-state index >= 15 is 0 Å². The van der Waals surface area contributed by atoms with Gasteiger partial charge in [-0.05, 0) is 66.9 Å². The Kier molecular flexibility index (Phi) is 7.08. The maximum atomic E-state index is 9.63. The van der Waals surface area contributed by atoms with Crippen LogP contribution in [0.4, 0.5) is 0 Å². The van der Waals surface area contributed by atoms with Crippen molar-refractivity contribution in [3.05, 3.63) is 58.9 Å². The van der Waals surface area contributed by atoms with Crippen molar-refractivity contribution in [3.8, 4) is 22.8 Å². The maximum absolute atomic E-state index is 9.63. The van der Waals surface area contributed by atoms with E-state index in [9.17, 15) is 5.11 Å². The molecule has 3 aromatic rings. The zero-order valence-corrected chi connectivity index (χ0v) is 19.9. The molecule has 6 nitrogen and oxygen atoms in total. The fourth-order valence-corrected chi connectivity index (χ4v) is 4.89. The summed E-state index contributed by atoms with van der Waals surface area (Å²) in [5.41, 5.74) is 3.31. The van der Waals surface area contributed by atoms with Crippen LogP contribution in [0.25, 0.3) is 17.1 Å². The van der Waals surface area contributed by atoms with E-state index in [4.69, 9.17) is 22.1 Å². The Morgan fingerprint density at radius 1 is 1.19 bits per heavy atom. The van der Waals surface area contributed by atoms with Gasteiger partial charge in [0.1, 0.15) is 5.75 Å². The zero-order valence-electron chi connectivity index (χ0n) is 19.1. The average Bonchev–Trinajstić information content (AvgIpc) is 3.14. The quantitative estimate of drug-likeness (QED) is 0.538. The molecule has 0 radical (unpaired) electrons. The highest BCUT2D eigenvalue weighted by Crippen LogP contribution is 2.29. The first-order valence-electron chi connectivity index (χ1n) is 11.4. The summed E-state index contributed by atoms with van der Waals surface area (Å²) in [6.45, 7) is 7.38. The van der Waals surface area contributed by atoms with Gasteiger partial charge in [-0.3, -0.25) is 4.57 Å². The summed E-state index contributed by atoms with van der Waals surface area (Å²) in [6.07, 6.45) is 2.22. The third-order valence-electron chi connectivity index (χ3n) is 6.34. The molecule has 0 aliphatic carbocycles. The monoisotopic (exact) mass is 453 g/mol. The van der Waals surface area contributed by atoms with E-state index in [1.807, 2.05) is 28.9 Å². The second-order valence-corrected chi connectivity index (χ2v) is 9.30. The zero-order chi connectivity index (χ0) is 22.7. The summed E-state index contributed by atoms with van der Waals surface area (Å²) in [4.78, 5) is 1.41. The van der Waals surface area contributed by atoms with E-state index in [0.717, 1.165) is 48.8 Å². The van der Waals surface area contributed by atoms with Gasteiger partial charge in [0.2, 0.25) is 4.77 Å². The smallest absolute Gasteiger partial charge is 0.207 e. The highest BCUT2D eigenvalue weighted by Gasteiger charge is 2.25. The van der Waals surface area contributed by atoms with Crippen LogP contribution in [0.15, 0.2) is 48.5 Å². The van der Waals surface area contributed by atoms with Crippen molar-refractivity contribution in [2.75, 3.05) is 26.8 Å². The van der Waals surface area contributed by atoms with Crippen molar-refractivity contribution in [2.24, 2.45) is 5.92 Å². The molecule has 4 rings (SSSR count). The number of quaternary nitrogens is 1. The number of nitrogens with zero attached hydrogens (tertiary/aromatic N) is 3. The van der Waals surface area contributed by atoms with Crippen LogP contribution in [0.5, 0.6) is 5.75 Å². The molecule has 1 saturated heterocycles. The molecule has 1 fully saturated rings. The van der Waals surface area contributed by atoms with Gasteiger partial charge in [0, 0.05) is 11.5 Å². The van der Waals surface area contributed by atoms with Crippen molar-refractivity contribution in [1.82, 2.24) is 14.3 Å². The number of rotatable bonds is 7. The minimum atomic E-state index is 0.252. The summed E-state index contributed by atoms with van der Waals surface area (Å²) >= 11 is 5.99. The van der Waals surface area contributed by atoms with Crippen LogP contribution in [0.2, 0.25) is 0 Å². The van der Waals surface area contributed by atoms with Crippen molar-refractivity contribution in [2.45, 2.75) is 39.3 Å². The molecule has 2 N–H and O–H groups in total. The van der Waals surface area contributed by atoms with Crippen LogP contribution in [-0.2, 0) is 6.67 Å². The third kappa shape index (κ3) is 4.65. The normalized spacial score (nSPS) is 18.8. The van der Waals surface area contributed by atoms with Gasteiger partial charge < -0.3 is 14.7 Å². The van der Waals surface area contributed by atoms with Crippen LogP contribution in [0, 0.1) is 10.7 Å².